The average molecular weight is 425 g/mol. The van der Waals surface area contributed by atoms with Crippen LogP contribution >= 0.6 is 11.6 Å². The average Bonchev–Trinajstić information content (AvgIpc) is 2.72. The van der Waals surface area contributed by atoms with Crippen LogP contribution < -0.4 is 5.32 Å². The molecular formula is C23H25ClN4O2. The first-order valence-corrected chi connectivity index (χ1v) is 10.2. The molecule has 0 unspecified atom stereocenters. The van der Waals surface area contributed by atoms with Gasteiger partial charge in [-0.3, -0.25) is 10.1 Å². The summed E-state index contributed by atoms with van der Waals surface area (Å²) in [6, 6.07) is 14.1. The highest BCUT2D eigenvalue weighted by molar-refractivity contribution is 6.31. The van der Waals surface area contributed by atoms with Crippen molar-refractivity contribution in [2.45, 2.75) is 12.8 Å². The molecule has 0 saturated carbocycles. The van der Waals surface area contributed by atoms with Crippen LogP contribution in [0.1, 0.15) is 24.1 Å². The van der Waals surface area contributed by atoms with Crippen LogP contribution in [-0.4, -0.2) is 42.0 Å². The lowest BCUT2D eigenvalue weighted by Crippen LogP contribution is -2.14. The number of anilines is 1. The van der Waals surface area contributed by atoms with E-state index in [2.05, 4.69) is 24.3 Å². The molecule has 0 saturated heterocycles. The minimum atomic E-state index is -0.403. The lowest BCUT2D eigenvalue weighted by Gasteiger charge is -2.12. The second kappa shape index (κ2) is 10.2. The number of nitrogens with one attached hydrogen (secondary N) is 1. The second-order valence-electron chi connectivity index (χ2n) is 7.38. The highest BCUT2D eigenvalue weighted by atomic mass is 35.5. The molecule has 3 aromatic rings. The van der Waals surface area contributed by atoms with Crippen LogP contribution in [0.5, 0.6) is 0 Å². The van der Waals surface area contributed by atoms with E-state index in [1.807, 2.05) is 36.4 Å². The topological polar surface area (TPSA) is 71.3 Å². The summed E-state index contributed by atoms with van der Waals surface area (Å²) in [6.45, 7) is 1.93. The Hall–Kier alpha value is -2.96. The van der Waals surface area contributed by atoms with Gasteiger partial charge in [0.15, 0.2) is 0 Å². The molecule has 0 fully saturated rings. The van der Waals surface area contributed by atoms with Gasteiger partial charge in [-0.25, -0.2) is 4.98 Å². The number of rotatable bonds is 9. The molecule has 0 aliphatic heterocycles. The number of unbranched alkanes of at least 4 members (excludes halogenated alkanes) is 1. The summed E-state index contributed by atoms with van der Waals surface area (Å²) >= 11 is 6.20. The number of hydrogen-bond donors (Lipinski definition) is 1. The zero-order valence-corrected chi connectivity index (χ0v) is 17.9. The van der Waals surface area contributed by atoms with E-state index in [0.717, 1.165) is 53.8 Å². The smallest absolute Gasteiger partial charge is 0.269 e. The zero-order valence-electron chi connectivity index (χ0n) is 17.1. The van der Waals surface area contributed by atoms with E-state index in [1.54, 1.807) is 12.1 Å². The predicted octanol–water partition coefficient (Wildman–Crippen LogP) is 5.72. The van der Waals surface area contributed by atoms with E-state index in [0.29, 0.717) is 5.02 Å². The quantitative estimate of drug-likeness (QED) is 0.270. The maximum absolute atomic E-state index is 10.8. The number of hydrogen-bond acceptors (Lipinski definition) is 5. The molecule has 1 heterocycles. The van der Waals surface area contributed by atoms with Gasteiger partial charge in [-0.2, -0.15) is 0 Å². The van der Waals surface area contributed by atoms with Gasteiger partial charge in [-0.15, -0.1) is 0 Å². The first-order chi connectivity index (χ1) is 14.4. The zero-order chi connectivity index (χ0) is 21.5. The van der Waals surface area contributed by atoms with Gasteiger partial charge in [0, 0.05) is 34.8 Å². The molecule has 30 heavy (non-hydrogen) atoms. The van der Waals surface area contributed by atoms with Crippen molar-refractivity contribution in [1.29, 1.82) is 0 Å². The van der Waals surface area contributed by atoms with Gasteiger partial charge in [-0.1, -0.05) is 17.7 Å². The van der Waals surface area contributed by atoms with Crippen molar-refractivity contribution in [2.24, 2.45) is 0 Å². The SMILES string of the molecule is CN(C)CCCCNc1cc(/C=C/c2ccc([N+](=O)[O-])cc2)nc2ccc(Cl)cc12. The molecule has 0 aliphatic rings. The van der Waals surface area contributed by atoms with E-state index < -0.39 is 4.92 Å². The number of halogens is 1. The Morgan fingerprint density at radius 2 is 1.87 bits per heavy atom. The van der Waals surface area contributed by atoms with Gasteiger partial charge in [-0.05, 0) is 81.5 Å². The van der Waals surface area contributed by atoms with Gasteiger partial charge < -0.3 is 10.2 Å². The normalized spacial score (nSPS) is 11.5. The van der Waals surface area contributed by atoms with Crippen LogP contribution in [0, 0.1) is 10.1 Å². The maximum atomic E-state index is 10.8. The van der Waals surface area contributed by atoms with Crippen LogP contribution in [0.15, 0.2) is 48.5 Å². The summed E-state index contributed by atoms with van der Waals surface area (Å²) < 4.78 is 0. The van der Waals surface area contributed by atoms with Gasteiger partial charge in [0.05, 0.1) is 16.1 Å². The Morgan fingerprint density at radius 3 is 2.57 bits per heavy atom. The third-order valence-corrected chi connectivity index (χ3v) is 4.92. The molecule has 1 aromatic heterocycles. The van der Waals surface area contributed by atoms with Gasteiger partial charge in [0.25, 0.3) is 5.69 Å². The number of aromatic nitrogens is 1. The molecule has 2 aromatic carbocycles. The summed E-state index contributed by atoms with van der Waals surface area (Å²) in [5.74, 6) is 0. The lowest BCUT2D eigenvalue weighted by atomic mass is 10.1. The van der Waals surface area contributed by atoms with Crippen molar-refractivity contribution in [1.82, 2.24) is 9.88 Å². The number of benzene rings is 2. The van der Waals surface area contributed by atoms with E-state index in [4.69, 9.17) is 16.6 Å². The molecule has 0 bridgehead atoms. The maximum Gasteiger partial charge on any atom is 0.269 e. The van der Waals surface area contributed by atoms with Crippen molar-refractivity contribution in [2.75, 3.05) is 32.5 Å². The van der Waals surface area contributed by atoms with Crippen LogP contribution in [0.2, 0.25) is 5.02 Å². The minimum Gasteiger partial charge on any atom is -0.384 e. The monoisotopic (exact) mass is 424 g/mol. The van der Waals surface area contributed by atoms with Crippen molar-refractivity contribution in [3.63, 3.8) is 0 Å². The van der Waals surface area contributed by atoms with Crippen LogP contribution in [0.25, 0.3) is 23.1 Å². The first kappa shape index (κ1) is 21.7. The number of nitro benzene ring substituents is 1. The van der Waals surface area contributed by atoms with Crippen molar-refractivity contribution in [3.05, 3.63) is 74.9 Å². The third-order valence-electron chi connectivity index (χ3n) is 4.69. The molecule has 7 heteroatoms. The van der Waals surface area contributed by atoms with Gasteiger partial charge in [0.2, 0.25) is 0 Å². The number of non-ortho nitro benzene ring substituents is 1. The molecule has 0 radical (unpaired) electrons. The van der Waals surface area contributed by atoms with Crippen molar-refractivity contribution >= 4 is 46.0 Å². The summed E-state index contributed by atoms with van der Waals surface area (Å²) in [5, 5.41) is 16.0. The Morgan fingerprint density at radius 1 is 1.10 bits per heavy atom. The van der Waals surface area contributed by atoms with Crippen LogP contribution in [0.3, 0.4) is 0 Å². The Kier molecular flexibility index (Phi) is 7.38. The number of nitrogens with zero attached hydrogens (tertiary/aromatic N) is 3. The minimum absolute atomic E-state index is 0.0774. The van der Waals surface area contributed by atoms with Gasteiger partial charge >= 0.3 is 0 Å². The largest absolute Gasteiger partial charge is 0.384 e. The molecular weight excluding hydrogens is 400 g/mol. The molecule has 3 rings (SSSR count). The van der Waals surface area contributed by atoms with E-state index >= 15 is 0 Å². The fourth-order valence-electron chi connectivity index (χ4n) is 3.11. The summed E-state index contributed by atoms with van der Waals surface area (Å²) in [4.78, 5) is 17.3. The van der Waals surface area contributed by atoms with Gasteiger partial charge in [0.1, 0.15) is 0 Å². The van der Waals surface area contributed by atoms with E-state index in [9.17, 15) is 10.1 Å². The molecule has 0 spiro atoms. The summed E-state index contributed by atoms with van der Waals surface area (Å²) in [6.07, 6.45) is 5.99. The van der Waals surface area contributed by atoms with Crippen molar-refractivity contribution in [3.8, 4) is 0 Å². The van der Waals surface area contributed by atoms with Crippen molar-refractivity contribution < 1.29 is 4.92 Å². The number of pyridine rings is 1. The highest BCUT2D eigenvalue weighted by Gasteiger charge is 2.06. The first-order valence-electron chi connectivity index (χ1n) is 9.84. The van der Waals surface area contributed by atoms with E-state index in [-0.39, 0.29) is 5.69 Å². The Bertz CT molecular complexity index is 1050. The Labute approximate surface area is 181 Å². The highest BCUT2D eigenvalue weighted by Crippen LogP contribution is 2.27. The molecule has 0 aliphatic carbocycles. The second-order valence-corrected chi connectivity index (χ2v) is 7.81. The number of fused-ring (bicyclic) bond motifs is 1. The number of nitro groups is 1. The summed E-state index contributed by atoms with van der Waals surface area (Å²) in [7, 11) is 4.16. The molecule has 1 N–H and O–H groups in total. The predicted molar refractivity (Wildman–Crippen MR) is 125 cm³/mol. The van der Waals surface area contributed by atoms with E-state index in [1.165, 1.54) is 12.1 Å². The summed E-state index contributed by atoms with van der Waals surface area (Å²) in [5.41, 5.74) is 3.61. The molecule has 6 nitrogen and oxygen atoms in total. The fourth-order valence-corrected chi connectivity index (χ4v) is 3.29. The van der Waals surface area contributed by atoms with Crippen LogP contribution in [0.4, 0.5) is 11.4 Å². The molecule has 0 atom stereocenters. The lowest BCUT2D eigenvalue weighted by molar-refractivity contribution is -0.384. The standard InChI is InChI=1S/C23H25ClN4O2/c1-27(2)14-4-3-13-25-23-16-19(26-22-12-8-18(24)15-21(22)23)9-5-17-6-10-20(11-7-17)28(29)30/h5-12,15-16H,3-4,13-14H2,1-2H3,(H,25,26)/b9-5+. The Balaban J connectivity index is 1.80. The fraction of sp³-hybridized carbons (Fsp3) is 0.261. The molecule has 156 valence electrons. The molecule has 0 amide bonds. The van der Waals surface area contributed by atoms with Crippen LogP contribution in [-0.2, 0) is 0 Å². The third kappa shape index (κ3) is 6.02.